The van der Waals surface area contributed by atoms with E-state index >= 15 is 0 Å². The first kappa shape index (κ1) is 25.9. The minimum absolute atomic E-state index is 0. The van der Waals surface area contributed by atoms with Gasteiger partial charge in [0.15, 0.2) is 5.96 Å². The van der Waals surface area contributed by atoms with Crippen molar-refractivity contribution in [2.45, 2.75) is 58.4 Å². The Morgan fingerprint density at radius 3 is 2.69 bits per heavy atom. The summed E-state index contributed by atoms with van der Waals surface area (Å²) in [6, 6.07) is 0.605. The van der Waals surface area contributed by atoms with Crippen molar-refractivity contribution in [3.8, 4) is 0 Å². The van der Waals surface area contributed by atoms with Crippen molar-refractivity contribution in [1.29, 1.82) is 0 Å². The summed E-state index contributed by atoms with van der Waals surface area (Å²) in [5.41, 5.74) is 0. The van der Waals surface area contributed by atoms with Gasteiger partial charge in [0.05, 0.1) is 19.8 Å². The molecule has 0 saturated carbocycles. The van der Waals surface area contributed by atoms with Crippen LogP contribution >= 0.6 is 24.0 Å². The van der Waals surface area contributed by atoms with Gasteiger partial charge in [-0.15, -0.1) is 24.0 Å². The van der Waals surface area contributed by atoms with Crippen LogP contribution in [-0.2, 0) is 9.47 Å². The van der Waals surface area contributed by atoms with Crippen molar-refractivity contribution in [1.82, 2.24) is 15.5 Å². The molecule has 156 valence electrons. The van der Waals surface area contributed by atoms with Gasteiger partial charge >= 0.3 is 0 Å². The van der Waals surface area contributed by atoms with Crippen LogP contribution in [0.15, 0.2) is 4.99 Å². The molecular weight excluding hydrogens is 443 g/mol. The topological polar surface area (TPSA) is 58.1 Å². The largest absolute Gasteiger partial charge is 0.382 e. The Morgan fingerprint density at radius 1 is 1.12 bits per heavy atom. The Bertz CT molecular complexity index is 346. The lowest BCUT2D eigenvalue weighted by atomic mass is 10.0. The van der Waals surface area contributed by atoms with Crippen molar-refractivity contribution in [2.24, 2.45) is 4.99 Å². The Hall–Kier alpha value is -0.120. The monoisotopic (exact) mass is 484 g/mol. The minimum Gasteiger partial charge on any atom is -0.382 e. The summed E-state index contributed by atoms with van der Waals surface area (Å²) in [5, 5.41) is 6.77. The molecule has 1 rings (SSSR count). The van der Waals surface area contributed by atoms with Crippen LogP contribution in [0.25, 0.3) is 0 Å². The Balaban J connectivity index is 0.00000625. The molecule has 1 aliphatic rings. The summed E-state index contributed by atoms with van der Waals surface area (Å²) in [4.78, 5) is 7.48. The zero-order valence-electron chi connectivity index (χ0n) is 17.1. The molecule has 0 aliphatic carbocycles. The number of halogens is 1. The molecule has 1 atom stereocenters. The van der Waals surface area contributed by atoms with Crippen LogP contribution in [0.2, 0.25) is 0 Å². The third kappa shape index (κ3) is 12.3. The number of nitrogens with zero attached hydrogens (tertiary/aromatic N) is 2. The number of likely N-dealkylation sites (tertiary alicyclic amines) is 1. The summed E-state index contributed by atoms with van der Waals surface area (Å²) < 4.78 is 10.5. The van der Waals surface area contributed by atoms with Crippen molar-refractivity contribution in [3.63, 3.8) is 0 Å². The van der Waals surface area contributed by atoms with E-state index in [9.17, 15) is 0 Å². The smallest absolute Gasteiger partial charge is 0.191 e. The van der Waals surface area contributed by atoms with Gasteiger partial charge in [-0.25, -0.2) is 0 Å². The number of methoxy groups -OCH3 is 1. The average molecular weight is 484 g/mol. The molecule has 1 aliphatic heterocycles. The van der Waals surface area contributed by atoms with E-state index in [4.69, 9.17) is 14.5 Å². The maximum absolute atomic E-state index is 5.49. The number of guanidine groups is 1. The molecule has 0 aromatic heterocycles. The number of hydrogen-bond donors (Lipinski definition) is 2. The first-order valence-electron chi connectivity index (χ1n) is 10.1. The van der Waals surface area contributed by atoms with E-state index in [-0.39, 0.29) is 24.0 Å². The average Bonchev–Trinajstić information content (AvgIpc) is 2.64. The predicted molar refractivity (Wildman–Crippen MR) is 121 cm³/mol. The molecule has 1 saturated heterocycles. The zero-order chi connectivity index (χ0) is 18.2. The number of aliphatic imine (C=N–C) groups is 1. The van der Waals surface area contributed by atoms with Crippen molar-refractivity contribution in [3.05, 3.63) is 0 Å². The van der Waals surface area contributed by atoms with E-state index in [0.717, 1.165) is 38.6 Å². The van der Waals surface area contributed by atoms with Gasteiger partial charge in [0.2, 0.25) is 0 Å². The van der Waals surface area contributed by atoms with Crippen molar-refractivity contribution >= 4 is 29.9 Å². The van der Waals surface area contributed by atoms with E-state index in [0.29, 0.717) is 19.3 Å². The highest BCUT2D eigenvalue weighted by atomic mass is 127. The second-order valence-corrected chi connectivity index (χ2v) is 6.64. The zero-order valence-corrected chi connectivity index (χ0v) is 19.4. The minimum atomic E-state index is 0. The van der Waals surface area contributed by atoms with Gasteiger partial charge < -0.3 is 20.1 Å². The molecule has 0 spiro atoms. The van der Waals surface area contributed by atoms with Gasteiger partial charge in [-0.2, -0.15) is 0 Å². The van der Waals surface area contributed by atoms with Crippen LogP contribution in [0.3, 0.4) is 0 Å². The van der Waals surface area contributed by atoms with Crippen LogP contribution < -0.4 is 10.6 Å². The third-order valence-electron chi connectivity index (χ3n) is 4.54. The molecule has 0 bridgehead atoms. The molecule has 2 N–H and O–H groups in total. The first-order chi connectivity index (χ1) is 12.3. The van der Waals surface area contributed by atoms with E-state index < -0.39 is 0 Å². The number of ether oxygens (including phenoxy) is 2. The number of rotatable bonds is 13. The highest BCUT2D eigenvalue weighted by Crippen LogP contribution is 2.17. The summed E-state index contributed by atoms with van der Waals surface area (Å²) in [6.07, 6.45) is 7.49. The van der Waals surface area contributed by atoms with E-state index in [1.165, 1.54) is 45.2 Å². The van der Waals surface area contributed by atoms with Gasteiger partial charge in [0.1, 0.15) is 0 Å². The molecule has 6 nitrogen and oxygen atoms in total. The molecular formula is C19H41IN4O2. The van der Waals surface area contributed by atoms with Gasteiger partial charge in [-0.1, -0.05) is 19.8 Å². The second-order valence-electron chi connectivity index (χ2n) is 6.64. The van der Waals surface area contributed by atoms with Crippen molar-refractivity contribution in [2.75, 3.05) is 59.7 Å². The van der Waals surface area contributed by atoms with Crippen LogP contribution in [0.1, 0.15) is 52.4 Å². The predicted octanol–water partition coefficient (Wildman–Crippen LogP) is 2.87. The molecule has 26 heavy (non-hydrogen) atoms. The number of hydrogen-bond acceptors (Lipinski definition) is 4. The molecule has 1 fully saturated rings. The molecule has 0 aromatic carbocycles. The summed E-state index contributed by atoms with van der Waals surface area (Å²) >= 11 is 0. The normalized spacial score (nSPS) is 18.4. The Labute approximate surface area is 177 Å². The quantitative estimate of drug-likeness (QED) is 0.182. The maximum atomic E-state index is 5.49. The standard InChI is InChI=1S/C19H40N4O2.HI/c1-4-6-12-23-13-8-7-10-18(23)17-22-19(20-5-2)21-11-9-14-25-16-15-24-3;/h18H,4-17H2,1-3H3,(H2,20,21,22);1H. The maximum Gasteiger partial charge on any atom is 0.191 e. The SMILES string of the molecule is CCCCN1CCCCC1CN=C(NCC)NCCCOCCOC.I. The molecule has 1 heterocycles. The number of unbranched alkanes of at least 4 members (excludes halogenated alkanes) is 1. The van der Waals surface area contributed by atoms with Crippen LogP contribution in [0.5, 0.6) is 0 Å². The second kappa shape index (κ2) is 18.3. The van der Waals surface area contributed by atoms with Gasteiger partial charge in [-0.05, 0) is 45.7 Å². The molecule has 0 radical (unpaired) electrons. The fourth-order valence-electron chi connectivity index (χ4n) is 3.09. The molecule has 0 amide bonds. The van der Waals surface area contributed by atoms with Gasteiger partial charge in [0.25, 0.3) is 0 Å². The van der Waals surface area contributed by atoms with Crippen LogP contribution in [-0.4, -0.2) is 76.6 Å². The van der Waals surface area contributed by atoms with Gasteiger partial charge in [-0.3, -0.25) is 9.89 Å². The van der Waals surface area contributed by atoms with Crippen LogP contribution in [0.4, 0.5) is 0 Å². The van der Waals surface area contributed by atoms with Gasteiger partial charge in [0, 0.05) is 32.8 Å². The molecule has 0 aromatic rings. The van der Waals surface area contributed by atoms with E-state index in [1.54, 1.807) is 7.11 Å². The Morgan fingerprint density at radius 2 is 1.96 bits per heavy atom. The lowest BCUT2D eigenvalue weighted by molar-refractivity contribution is 0.0698. The third-order valence-corrected chi connectivity index (χ3v) is 4.54. The highest BCUT2D eigenvalue weighted by Gasteiger charge is 2.21. The summed E-state index contributed by atoms with van der Waals surface area (Å²) in [6.45, 7) is 11.6. The summed E-state index contributed by atoms with van der Waals surface area (Å²) in [5.74, 6) is 0.931. The van der Waals surface area contributed by atoms with E-state index in [2.05, 4.69) is 29.4 Å². The fourth-order valence-corrected chi connectivity index (χ4v) is 3.09. The lowest BCUT2D eigenvalue weighted by Gasteiger charge is -2.35. The number of nitrogens with one attached hydrogen (secondary N) is 2. The lowest BCUT2D eigenvalue weighted by Crippen LogP contribution is -2.44. The fraction of sp³-hybridized carbons (Fsp3) is 0.947. The number of piperidine rings is 1. The van der Waals surface area contributed by atoms with E-state index in [1.807, 2.05) is 0 Å². The highest BCUT2D eigenvalue weighted by molar-refractivity contribution is 14.0. The Kier molecular flexibility index (Phi) is 18.2. The summed E-state index contributed by atoms with van der Waals surface area (Å²) in [7, 11) is 1.69. The molecule has 1 unspecified atom stereocenters. The van der Waals surface area contributed by atoms with Crippen LogP contribution in [0, 0.1) is 0 Å². The first-order valence-corrected chi connectivity index (χ1v) is 10.1. The molecule has 7 heteroatoms. The van der Waals surface area contributed by atoms with Crippen molar-refractivity contribution < 1.29 is 9.47 Å².